The molecule has 0 saturated heterocycles. The number of amides is 1. The highest BCUT2D eigenvalue weighted by Crippen LogP contribution is 2.37. The molecule has 0 unspecified atom stereocenters. The van der Waals surface area contributed by atoms with Crippen molar-refractivity contribution in [2.24, 2.45) is 5.16 Å². The van der Waals surface area contributed by atoms with E-state index < -0.39 is 21.7 Å². The molecule has 0 radical (unpaired) electrons. The van der Waals surface area contributed by atoms with Crippen LogP contribution < -0.4 is 14.4 Å². The number of anilines is 2. The predicted molar refractivity (Wildman–Crippen MR) is 137 cm³/mol. The Morgan fingerprint density at radius 3 is 2.66 bits per heavy atom. The number of fused-ring (bicyclic) bond motifs is 3. The highest BCUT2D eigenvalue weighted by Gasteiger charge is 2.36. The summed E-state index contributed by atoms with van der Waals surface area (Å²) in [5.41, 5.74) is 1.46. The van der Waals surface area contributed by atoms with Crippen LogP contribution in [0.4, 0.5) is 15.8 Å². The molecule has 2 heterocycles. The molecule has 0 bridgehead atoms. The third-order valence-electron chi connectivity index (χ3n) is 6.45. The summed E-state index contributed by atoms with van der Waals surface area (Å²) in [4.78, 5) is 14.5. The van der Waals surface area contributed by atoms with Crippen molar-refractivity contribution in [1.29, 1.82) is 0 Å². The molecular formula is C27H20FN3O6S. The monoisotopic (exact) mass is 533 g/mol. The molecule has 2 N–H and O–H groups in total. The summed E-state index contributed by atoms with van der Waals surface area (Å²) < 4.78 is 53.8. The number of ether oxygens (including phenoxy) is 2. The van der Waals surface area contributed by atoms with Gasteiger partial charge in [-0.15, -0.1) is 0 Å². The molecule has 11 heteroatoms. The van der Waals surface area contributed by atoms with Crippen LogP contribution in [0.15, 0.2) is 82.8 Å². The first-order valence-corrected chi connectivity index (χ1v) is 13.0. The smallest absolute Gasteiger partial charge is 0.281 e. The summed E-state index contributed by atoms with van der Waals surface area (Å²) >= 11 is 0. The Hall–Kier alpha value is -4.48. The molecule has 192 valence electrons. The van der Waals surface area contributed by atoms with Gasteiger partial charge >= 0.3 is 0 Å². The van der Waals surface area contributed by atoms with Gasteiger partial charge in [0.2, 0.25) is 0 Å². The SMILES string of the molecule is O=C1/C(=N\O)c2cc(NS(=O)(=O)c3ccc4ccccc4c3)ccc2N1Cc1cc(F)cc2c1OCOC2. The summed E-state index contributed by atoms with van der Waals surface area (Å²) in [6.45, 7) is 0.113. The zero-order valence-electron chi connectivity index (χ0n) is 19.7. The molecule has 4 aromatic rings. The second kappa shape index (κ2) is 9.12. The Morgan fingerprint density at radius 1 is 1.03 bits per heavy atom. The number of sulfonamides is 1. The molecule has 2 aliphatic rings. The minimum Gasteiger partial charge on any atom is -0.467 e. The van der Waals surface area contributed by atoms with Gasteiger partial charge < -0.3 is 19.6 Å². The predicted octanol–water partition coefficient (Wildman–Crippen LogP) is 4.37. The zero-order chi connectivity index (χ0) is 26.4. The van der Waals surface area contributed by atoms with Gasteiger partial charge in [-0.25, -0.2) is 12.8 Å². The molecule has 38 heavy (non-hydrogen) atoms. The lowest BCUT2D eigenvalue weighted by Gasteiger charge is -2.24. The van der Waals surface area contributed by atoms with E-state index in [1.54, 1.807) is 18.2 Å². The van der Waals surface area contributed by atoms with Crippen LogP contribution in [0.5, 0.6) is 5.75 Å². The highest BCUT2D eigenvalue weighted by atomic mass is 32.2. The van der Waals surface area contributed by atoms with Gasteiger partial charge in [0.1, 0.15) is 11.6 Å². The summed E-state index contributed by atoms with van der Waals surface area (Å²) in [5, 5.41) is 14.4. The number of carbonyl (C=O) groups excluding carboxylic acids is 1. The van der Waals surface area contributed by atoms with Crippen molar-refractivity contribution >= 4 is 43.8 Å². The molecule has 0 atom stereocenters. The minimum atomic E-state index is -3.96. The normalized spacial score (nSPS) is 15.9. The standard InChI is InChI=1S/C27H20FN3O6S/c28-20-9-18(26-19(10-20)14-36-15-37-26)13-31-24-8-6-21(12-23(24)25(29-33)27(31)32)30-38(34,35)22-7-5-16-3-1-2-4-17(16)11-22/h1-12,30,33H,13-15H2/b29-25-. The summed E-state index contributed by atoms with van der Waals surface area (Å²) in [5.74, 6) is -0.697. The van der Waals surface area contributed by atoms with Gasteiger partial charge in [0.25, 0.3) is 15.9 Å². The lowest BCUT2D eigenvalue weighted by molar-refractivity contribution is -0.112. The fourth-order valence-corrected chi connectivity index (χ4v) is 5.81. The fourth-order valence-electron chi connectivity index (χ4n) is 4.72. The maximum absolute atomic E-state index is 14.3. The second-order valence-electron chi connectivity index (χ2n) is 8.85. The summed E-state index contributed by atoms with van der Waals surface area (Å²) in [6, 6.07) is 19.3. The molecule has 9 nitrogen and oxygen atoms in total. The van der Waals surface area contributed by atoms with Gasteiger partial charge in [-0.2, -0.15) is 0 Å². The molecule has 0 aliphatic carbocycles. The number of benzene rings is 4. The van der Waals surface area contributed by atoms with E-state index in [-0.39, 0.29) is 41.8 Å². The van der Waals surface area contributed by atoms with E-state index in [0.29, 0.717) is 22.6 Å². The van der Waals surface area contributed by atoms with E-state index in [1.165, 1.54) is 35.2 Å². The van der Waals surface area contributed by atoms with E-state index in [4.69, 9.17) is 9.47 Å². The van der Waals surface area contributed by atoms with Gasteiger partial charge in [0.15, 0.2) is 12.5 Å². The van der Waals surface area contributed by atoms with Crippen LogP contribution in [0.1, 0.15) is 16.7 Å². The molecule has 0 aromatic heterocycles. The van der Waals surface area contributed by atoms with Crippen LogP contribution in [-0.2, 0) is 32.7 Å². The molecule has 1 amide bonds. The first-order valence-electron chi connectivity index (χ1n) is 11.6. The number of hydrogen-bond donors (Lipinski definition) is 2. The Balaban J connectivity index is 1.33. The van der Waals surface area contributed by atoms with Gasteiger partial charge in [-0.3, -0.25) is 9.52 Å². The van der Waals surface area contributed by atoms with E-state index in [0.717, 1.165) is 10.8 Å². The van der Waals surface area contributed by atoms with E-state index in [2.05, 4.69) is 9.88 Å². The lowest BCUT2D eigenvalue weighted by Crippen LogP contribution is -2.30. The van der Waals surface area contributed by atoms with Crippen molar-refractivity contribution in [2.45, 2.75) is 18.0 Å². The number of hydrogen-bond acceptors (Lipinski definition) is 7. The third-order valence-corrected chi connectivity index (χ3v) is 7.83. The summed E-state index contributed by atoms with van der Waals surface area (Å²) in [7, 11) is -3.96. The van der Waals surface area contributed by atoms with Crippen molar-refractivity contribution in [3.05, 3.63) is 95.3 Å². The number of carbonyl (C=O) groups is 1. The molecule has 6 rings (SSSR count). The molecule has 0 saturated carbocycles. The van der Waals surface area contributed by atoms with Gasteiger partial charge in [-0.1, -0.05) is 35.5 Å². The second-order valence-corrected chi connectivity index (χ2v) is 10.5. The Labute approximate surface area is 216 Å². The topological polar surface area (TPSA) is 118 Å². The van der Waals surface area contributed by atoms with E-state index >= 15 is 0 Å². The first-order chi connectivity index (χ1) is 18.3. The lowest BCUT2D eigenvalue weighted by atomic mass is 10.1. The number of nitrogens with one attached hydrogen (secondary N) is 1. The van der Waals surface area contributed by atoms with E-state index in [1.807, 2.05) is 24.3 Å². The third kappa shape index (κ3) is 4.11. The Kier molecular flexibility index (Phi) is 5.73. The average molecular weight is 534 g/mol. The van der Waals surface area contributed by atoms with Crippen molar-refractivity contribution in [3.63, 3.8) is 0 Å². The number of nitrogens with zero attached hydrogens (tertiary/aromatic N) is 2. The van der Waals surface area contributed by atoms with Gasteiger partial charge in [0.05, 0.1) is 23.7 Å². The maximum Gasteiger partial charge on any atom is 0.281 e. The highest BCUT2D eigenvalue weighted by molar-refractivity contribution is 7.92. The number of halogens is 1. The average Bonchev–Trinajstić information content (AvgIpc) is 3.17. The quantitative estimate of drug-likeness (QED) is 0.291. The Bertz CT molecular complexity index is 1760. The van der Waals surface area contributed by atoms with Crippen molar-refractivity contribution < 1.29 is 32.3 Å². The molecule has 2 aliphatic heterocycles. The first kappa shape index (κ1) is 23.9. The fraction of sp³-hybridized carbons (Fsp3) is 0.111. The van der Waals surface area contributed by atoms with Crippen LogP contribution in [0, 0.1) is 5.82 Å². The van der Waals surface area contributed by atoms with Crippen LogP contribution in [0.25, 0.3) is 10.8 Å². The van der Waals surface area contributed by atoms with Crippen molar-refractivity contribution in [3.8, 4) is 5.75 Å². The molecular weight excluding hydrogens is 513 g/mol. The number of rotatable bonds is 5. The molecule has 0 fully saturated rings. The Morgan fingerprint density at radius 2 is 1.84 bits per heavy atom. The van der Waals surface area contributed by atoms with Gasteiger partial charge in [0, 0.05) is 22.4 Å². The maximum atomic E-state index is 14.3. The number of oxime groups is 1. The van der Waals surface area contributed by atoms with Crippen LogP contribution in [-0.4, -0.2) is 32.0 Å². The zero-order valence-corrected chi connectivity index (χ0v) is 20.5. The molecule has 4 aromatic carbocycles. The minimum absolute atomic E-state index is 0.000224. The largest absolute Gasteiger partial charge is 0.467 e. The summed E-state index contributed by atoms with van der Waals surface area (Å²) in [6.07, 6.45) is 0. The molecule has 0 spiro atoms. The van der Waals surface area contributed by atoms with Crippen LogP contribution >= 0.6 is 0 Å². The van der Waals surface area contributed by atoms with Crippen molar-refractivity contribution in [1.82, 2.24) is 0 Å². The van der Waals surface area contributed by atoms with Gasteiger partial charge in [-0.05, 0) is 53.2 Å². The van der Waals surface area contributed by atoms with Crippen LogP contribution in [0.2, 0.25) is 0 Å². The van der Waals surface area contributed by atoms with Crippen molar-refractivity contribution in [2.75, 3.05) is 16.4 Å². The van der Waals surface area contributed by atoms with E-state index in [9.17, 15) is 22.8 Å². The van der Waals surface area contributed by atoms with Crippen LogP contribution in [0.3, 0.4) is 0 Å².